The van der Waals surface area contributed by atoms with Gasteiger partial charge in [0.1, 0.15) is 6.26 Å². The summed E-state index contributed by atoms with van der Waals surface area (Å²) < 4.78 is 9.91. The molecule has 15 heavy (non-hydrogen) atoms. The molecule has 0 radical (unpaired) electrons. The summed E-state index contributed by atoms with van der Waals surface area (Å²) in [6, 6.07) is 1.75. The Morgan fingerprint density at radius 1 is 1.53 bits per heavy atom. The van der Waals surface area contributed by atoms with Gasteiger partial charge in [0.15, 0.2) is 0 Å². The molecule has 5 nitrogen and oxygen atoms in total. The van der Waals surface area contributed by atoms with Crippen LogP contribution in [0.2, 0.25) is 0 Å². The van der Waals surface area contributed by atoms with Gasteiger partial charge in [0.25, 0.3) is 0 Å². The van der Waals surface area contributed by atoms with Gasteiger partial charge >= 0.3 is 0 Å². The topological polar surface area (TPSA) is 72.3 Å². The highest BCUT2D eigenvalue weighted by Gasteiger charge is 2.12. The van der Waals surface area contributed by atoms with Crippen molar-refractivity contribution in [1.82, 2.24) is 10.1 Å². The first kappa shape index (κ1) is 9.92. The van der Waals surface area contributed by atoms with Crippen LogP contribution in [0.3, 0.4) is 0 Å². The molecule has 0 aliphatic carbocycles. The van der Waals surface area contributed by atoms with Crippen LogP contribution in [0.1, 0.15) is 19.2 Å². The predicted molar refractivity (Wildman–Crippen MR) is 52.0 cm³/mol. The molecule has 0 saturated carbocycles. The lowest BCUT2D eigenvalue weighted by Crippen LogP contribution is -2.08. The lowest BCUT2D eigenvalue weighted by Gasteiger charge is -2.01. The Balaban J connectivity index is 2.11. The van der Waals surface area contributed by atoms with Gasteiger partial charge in [0.2, 0.25) is 11.7 Å². The van der Waals surface area contributed by atoms with E-state index in [1.54, 1.807) is 18.6 Å². The van der Waals surface area contributed by atoms with E-state index in [4.69, 9.17) is 8.94 Å². The maximum Gasteiger partial charge on any atom is 0.229 e. The molecule has 0 aliphatic heterocycles. The number of furan rings is 1. The van der Waals surface area contributed by atoms with Crippen molar-refractivity contribution in [3.8, 4) is 11.4 Å². The van der Waals surface area contributed by atoms with Gasteiger partial charge in [0, 0.05) is 0 Å². The zero-order valence-electron chi connectivity index (χ0n) is 8.38. The van der Waals surface area contributed by atoms with Gasteiger partial charge in [-0.1, -0.05) is 12.1 Å². The van der Waals surface area contributed by atoms with Crippen LogP contribution in [0.5, 0.6) is 0 Å². The number of aliphatic hydroxyl groups excluding tert-OH is 1. The SMILES string of the molecule is CCC(O)Cc1nc(-c2ccoc2)no1. The van der Waals surface area contributed by atoms with Crippen molar-refractivity contribution < 1.29 is 14.0 Å². The lowest BCUT2D eigenvalue weighted by atomic mass is 10.2. The van der Waals surface area contributed by atoms with E-state index in [9.17, 15) is 5.11 Å². The summed E-state index contributed by atoms with van der Waals surface area (Å²) in [5.41, 5.74) is 0.774. The van der Waals surface area contributed by atoms with E-state index in [-0.39, 0.29) is 0 Å². The van der Waals surface area contributed by atoms with Crippen molar-refractivity contribution in [3.63, 3.8) is 0 Å². The third-order valence-electron chi connectivity index (χ3n) is 2.13. The number of rotatable bonds is 4. The number of hydrogen-bond acceptors (Lipinski definition) is 5. The van der Waals surface area contributed by atoms with Crippen LogP contribution in [-0.4, -0.2) is 21.4 Å². The first-order valence-corrected chi connectivity index (χ1v) is 4.82. The highest BCUT2D eigenvalue weighted by Crippen LogP contribution is 2.16. The van der Waals surface area contributed by atoms with E-state index in [0.717, 1.165) is 5.56 Å². The summed E-state index contributed by atoms with van der Waals surface area (Å²) >= 11 is 0. The molecule has 0 spiro atoms. The Morgan fingerprint density at radius 3 is 3.07 bits per heavy atom. The second-order valence-corrected chi connectivity index (χ2v) is 3.29. The minimum Gasteiger partial charge on any atom is -0.472 e. The van der Waals surface area contributed by atoms with Crippen molar-refractivity contribution >= 4 is 0 Å². The molecule has 5 heteroatoms. The Bertz CT molecular complexity index is 408. The fourth-order valence-corrected chi connectivity index (χ4v) is 1.19. The Morgan fingerprint density at radius 2 is 2.40 bits per heavy atom. The minimum absolute atomic E-state index is 0.390. The van der Waals surface area contributed by atoms with Gasteiger partial charge in [0.05, 0.1) is 24.4 Å². The Labute approximate surface area is 86.7 Å². The smallest absolute Gasteiger partial charge is 0.229 e. The van der Waals surface area contributed by atoms with Crippen LogP contribution in [0.25, 0.3) is 11.4 Å². The van der Waals surface area contributed by atoms with Gasteiger partial charge in [-0.2, -0.15) is 4.98 Å². The molecule has 0 bridgehead atoms. The van der Waals surface area contributed by atoms with E-state index in [1.165, 1.54) is 0 Å². The molecule has 80 valence electrons. The van der Waals surface area contributed by atoms with Gasteiger partial charge in [-0.3, -0.25) is 0 Å². The van der Waals surface area contributed by atoms with Crippen LogP contribution >= 0.6 is 0 Å². The number of nitrogens with zero attached hydrogens (tertiary/aromatic N) is 2. The number of hydrogen-bond donors (Lipinski definition) is 1. The molecule has 0 aromatic carbocycles. The molecule has 2 aromatic rings. The Hall–Kier alpha value is -1.62. The van der Waals surface area contributed by atoms with Crippen LogP contribution < -0.4 is 0 Å². The van der Waals surface area contributed by atoms with Crippen LogP contribution in [0.4, 0.5) is 0 Å². The zero-order chi connectivity index (χ0) is 10.7. The molecule has 1 N–H and O–H groups in total. The van der Waals surface area contributed by atoms with Crippen molar-refractivity contribution in [2.24, 2.45) is 0 Å². The highest BCUT2D eigenvalue weighted by atomic mass is 16.5. The van der Waals surface area contributed by atoms with E-state index >= 15 is 0 Å². The summed E-state index contributed by atoms with van der Waals surface area (Å²) in [5.74, 6) is 0.933. The molecule has 1 atom stereocenters. The first-order chi connectivity index (χ1) is 7.29. The van der Waals surface area contributed by atoms with Crippen molar-refractivity contribution in [2.75, 3.05) is 0 Å². The fourth-order valence-electron chi connectivity index (χ4n) is 1.19. The van der Waals surface area contributed by atoms with Crippen LogP contribution in [0, 0.1) is 0 Å². The predicted octanol–water partition coefficient (Wildman–Crippen LogP) is 1.64. The molecule has 2 heterocycles. The third-order valence-corrected chi connectivity index (χ3v) is 2.13. The molecule has 0 fully saturated rings. The standard InChI is InChI=1S/C10H12N2O3/c1-2-8(13)5-9-11-10(12-15-9)7-3-4-14-6-7/h3-4,6,8,13H,2,5H2,1H3. The van der Waals surface area contributed by atoms with Crippen LogP contribution in [0.15, 0.2) is 27.5 Å². The molecule has 2 aromatic heterocycles. The van der Waals surface area contributed by atoms with Crippen molar-refractivity contribution in [2.45, 2.75) is 25.9 Å². The quantitative estimate of drug-likeness (QED) is 0.826. The monoisotopic (exact) mass is 208 g/mol. The molecule has 0 amide bonds. The van der Waals surface area contributed by atoms with Crippen molar-refractivity contribution in [3.05, 3.63) is 24.5 Å². The molecular formula is C10H12N2O3. The third kappa shape index (κ3) is 2.24. The van der Waals surface area contributed by atoms with Crippen molar-refractivity contribution in [1.29, 1.82) is 0 Å². The molecule has 0 aliphatic rings. The van der Waals surface area contributed by atoms with Gasteiger partial charge < -0.3 is 14.0 Å². The van der Waals surface area contributed by atoms with E-state index < -0.39 is 6.10 Å². The number of aliphatic hydroxyl groups is 1. The average Bonchev–Trinajstić information content (AvgIpc) is 2.85. The molecule has 1 unspecified atom stereocenters. The molecule has 0 saturated heterocycles. The average molecular weight is 208 g/mol. The largest absolute Gasteiger partial charge is 0.472 e. The Kier molecular flexibility index (Phi) is 2.82. The summed E-state index contributed by atoms with van der Waals surface area (Å²) in [4.78, 5) is 4.14. The zero-order valence-corrected chi connectivity index (χ0v) is 8.38. The summed E-state index contributed by atoms with van der Waals surface area (Å²) in [7, 11) is 0. The highest BCUT2D eigenvalue weighted by molar-refractivity contribution is 5.51. The number of aromatic nitrogens is 2. The first-order valence-electron chi connectivity index (χ1n) is 4.82. The van der Waals surface area contributed by atoms with E-state index in [1.807, 2.05) is 6.92 Å². The normalized spacial score (nSPS) is 12.9. The molecular weight excluding hydrogens is 196 g/mol. The van der Waals surface area contributed by atoms with Gasteiger partial charge in [-0.05, 0) is 12.5 Å². The second-order valence-electron chi connectivity index (χ2n) is 3.29. The second kappa shape index (κ2) is 4.27. The van der Waals surface area contributed by atoms with Crippen LogP contribution in [-0.2, 0) is 6.42 Å². The maximum absolute atomic E-state index is 9.40. The van der Waals surface area contributed by atoms with E-state index in [2.05, 4.69) is 10.1 Å². The maximum atomic E-state index is 9.40. The minimum atomic E-state index is -0.428. The van der Waals surface area contributed by atoms with Gasteiger partial charge in [-0.15, -0.1) is 0 Å². The molecule has 2 rings (SSSR count). The summed E-state index contributed by atoms with van der Waals surface area (Å²) in [6.45, 7) is 1.90. The van der Waals surface area contributed by atoms with E-state index in [0.29, 0.717) is 24.6 Å². The lowest BCUT2D eigenvalue weighted by molar-refractivity contribution is 0.158. The summed E-state index contributed by atoms with van der Waals surface area (Å²) in [6.07, 6.45) is 3.73. The summed E-state index contributed by atoms with van der Waals surface area (Å²) in [5, 5.41) is 13.2. The van der Waals surface area contributed by atoms with Gasteiger partial charge in [-0.25, -0.2) is 0 Å². The fraction of sp³-hybridized carbons (Fsp3) is 0.400.